The highest BCUT2D eigenvalue weighted by Crippen LogP contribution is 2.42. The van der Waals surface area contributed by atoms with Crippen LogP contribution in [0.1, 0.15) is 120 Å². The van der Waals surface area contributed by atoms with Crippen molar-refractivity contribution in [3.63, 3.8) is 0 Å². The standard InChI is InChI=1S/C27H41F3/c1-3-4-5-6-7-20-8-10-21(11-9-20)12-13-22-14-16-23(17-15-22)25-24(28)18-19(2)26(29)27(25)30/h18,20-23H,3-17H2,1-2H3/t20-,21-,22-,23-. The van der Waals surface area contributed by atoms with Crippen LogP contribution >= 0.6 is 0 Å². The topological polar surface area (TPSA) is 0 Å². The molecular weight excluding hydrogens is 381 g/mol. The van der Waals surface area contributed by atoms with Crippen molar-refractivity contribution in [1.82, 2.24) is 0 Å². The summed E-state index contributed by atoms with van der Waals surface area (Å²) in [5.74, 6) is -0.0453. The molecule has 30 heavy (non-hydrogen) atoms. The molecule has 0 amide bonds. The molecule has 0 bridgehead atoms. The average molecular weight is 423 g/mol. The van der Waals surface area contributed by atoms with Gasteiger partial charge in [0, 0.05) is 5.56 Å². The molecule has 0 heterocycles. The first kappa shape index (κ1) is 23.7. The maximum Gasteiger partial charge on any atom is 0.165 e. The first-order valence-corrected chi connectivity index (χ1v) is 12.6. The highest BCUT2D eigenvalue weighted by molar-refractivity contribution is 5.30. The van der Waals surface area contributed by atoms with Crippen LogP contribution in [0.5, 0.6) is 0 Å². The third-order valence-corrected chi connectivity index (χ3v) is 8.05. The number of benzene rings is 1. The van der Waals surface area contributed by atoms with Crippen LogP contribution in [0.25, 0.3) is 0 Å². The molecule has 0 aliphatic heterocycles. The Kier molecular flexibility index (Phi) is 9.13. The lowest BCUT2D eigenvalue weighted by Crippen LogP contribution is -2.19. The lowest BCUT2D eigenvalue weighted by Gasteiger charge is -2.32. The number of unbranched alkanes of at least 4 members (excludes halogenated alkanes) is 3. The number of hydrogen-bond donors (Lipinski definition) is 0. The summed E-state index contributed by atoms with van der Waals surface area (Å²) < 4.78 is 42.6. The monoisotopic (exact) mass is 422 g/mol. The summed E-state index contributed by atoms with van der Waals surface area (Å²) in [4.78, 5) is 0. The first-order valence-electron chi connectivity index (χ1n) is 12.6. The van der Waals surface area contributed by atoms with Crippen molar-refractivity contribution in [1.29, 1.82) is 0 Å². The maximum atomic E-state index is 14.3. The van der Waals surface area contributed by atoms with Crippen molar-refractivity contribution >= 4 is 0 Å². The molecule has 3 heteroatoms. The predicted molar refractivity (Wildman–Crippen MR) is 119 cm³/mol. The van der Waals surface area contributed by atoms with Crippen molar-refractivity contribution in [2.24, 2.45) is 17.8 Å². The van der Waals surface area contributed by atoms with Crippen LogP contribution in [0.3, 0.4) is 0 Å². The van der Waals surface area contributed by atoms with Crippen molar-refractivity contribution in [2.75, 3.05) is 0 Å². The number of rotatable bonds is 9. The van der Waals surface area contributed by atoms with Gasteiger partial charge in [-0.15, -0.1) is 0 Å². The highest BCUT2D eigenvalue weighted by atomic mass is 19.2. The molecule has 0 atom stereocenters. The highest BCUT2D eigenvalue weighted by Gasteiger charge is 2.29. The van der Waals surface area contributed by atoms with Gasteiger partial charge in [0.25, 0.3) is 0 Å². The van der Waals surface area contributed by atoms with E-state index in [0.717, 1.165) is 43.6 Å². The summed E-state index contributed by atoms with van der Waals surface area (Å²) in [7, 11) is 0. The molecule has 0 aromatic heterocycles. The van der Waals surface area contributed by atoms with Gasteiger partial charge in [0.05, 0.1) is 0 Å². The van der Waals surface area contributed by atoms with E-state index in [1.54, 1.807) is 0 Å². The van der Waals surface area contributed by atoms with E-state index in [4.69, 9.17) is 0 Å². The first-order chi connectivity index (χ1) is 14.5. The zero-order chi connectivity index (χ0) is 21.5. The summed E-state index contributed by atoms with van der Waals surface area (Å²) in [5, 5.41) is 0. The molecule has 0 N–H and O–H groups in total. The van der Waals surface area contributed by atoms with Crippen LogP contribution < -0.4 is 0 Å². The van der Waals surface area contributed by atoms with Gasteiger partial charge < -0.3 is 0 Å². The third kappa shape index (κ3) is 6.26. The molecule has 2 aliphatic rings. The molecule has 0 spiro atoms. The van der Waals surface area contributed by atoms with E-state index >= 15 is 0 Å². The Morgan fingerprint density at radius 2 is 1.23 bits per heavy atom. The van der Waals surface area contributed by atoms with Crippen molar-refractivity contribution < 1.29 is 13.2 Å². The Bertz CT molecular complexity index is 653. The van der Waals surface area contributed by atoms with Gasteiger partial charge >= 0.3 is 0 Å². The Balaban J connectivity index is 1.37. The van der Waals surface area contributed by atoms with Crippen molar-refractivity contribution in [3.05, 3.63) is 34.6 Å². The second-order valence-electron chi connectivity index (χ2n) is 10.2. The maximum absolute atomic E-state index is 14.3. The number of halogens is 3. The Morgan fingerprint density at radius 1 is 0.700 bits per heavy atom. The molecule has 2 aliphatic carbocycles. The quantitative estimate of drug-likeness (QED) is 0.275. The lowest BCUT2D eigenvalue weighted by molar-refractivity contribution is 0.221. The smallest absolute Gasteiger partial charge is 0.165 e. The molecule has 0 radical (unpaired) electrons. The summed E-state index contributed by atoms with van der Waals surface area (Å²) in [5.41, 5.74) is 0.0481. The molecule has 0 unspecified atom stereocenters. The van der Waals surface area contributed by atoms with E-state index in [1.807, 2.05) is 0 Å². The van der Waals surface area contributed by atoms with Gasteiger partial charge in [-0.05, 0) is 67.9 Å². The second kappa shape index (κ2) is 11.6. The van der Waals surface area contributed by atoms with Gasteiger partial charge in [-0.2, -0.15) is 0 Å². The van der Waals surface area contributed by atoms with E-state index in [0.29, 0.717) is 5.92 Å². The number of aryl methyl sites for hydroxylation is 1. The van der Waals surface area contributed by atoms with Crippen LogP contribution in [-0.4, -0.2) is 0 Å². The molecule has 3 rings (SSSR count). The van der Waals surface area contributed by atoms with Gasteiger partial charge in [-0.3, -0.25) is 0 Å². The van der Waals surface area contributed by atoms with Crippen LogP contribution in [0.15, 0.2) is 6.07 Å². The summed E-state index contributed by atoms with van der Waals surface area (Å²) in [6.07, 6.45) is 18.8. The number of hydrogen-bond acceptors (Lipinski definition) is 0. The SMILES string of the molecule is CCCCCC[C@H]1CC[C@H](CC[C@H]2CC[C@H](c3c(F)cc(C)c(F)c3F)CC2)CC1. The van der Waals surface area contributed by atoms with Crippen LogP contribution in [0, 0.1) is 42.1 Å². The van der Waals surface area contributed by atoms with Crippen molar-refractivity contribution in [3.8, 4) is 0 Å². The van der Waals surface area contributed by atoms with Crippen molar-refractivity contribution in [2.45, 2.75) is 116 Å². The fourth-order valence-corrected chi connectivity index (χ4v) is 5.98. The van der Waals surface area contributed by atoms with E-state index in [1.165, 1.54) is 77.6 Å². The Morgan fingerprint density at radius 3 is 1.80 bits per heavy atom. The zero-order valence-electron chi connectivity index (χ0n) is 19.1. The molecule has 170 valence electrons. The molecule has 2 saturated carbocycles. The van der Waals surface area contributed by atoms with Gasteiger partial charge in [0.2, 0.25) is 0 Å². The lowest BCUT2D eigenvalue weighted by atomic mass is 9.73. The van der Waals surface area contributed by atoms with E-state index < -0.39 is 17.5 Å². The largest absolute Gasteiger partial charge is 0.207 e. The average Bonchev–Trinajstić information content (AvgIpc) is 2.75. The summed E-state index contributed by atoms with van der Waals surface area (Å²) >= 11 is 0. The molecular formula is C27H41F3. The van der Waals surface area contributed by atoms with E-state index in [2.05, 4.69) is 6.92 Å². The van der Waals surface area contributed by atoms with Crippen LogP contribution in [0.2, 0.25) is 0 Å². The molecule has 1 aromatic carbocycles. The van der Waals surface area contributed by atoms with Crippen LogP contribution in [0.4, 0.5) is 13.2 Å². The molecule has 0 saturated heterocycles. The molecule has 2 fully saturated rings. The van der Waals surface area contributed by atoms with E-state index in [9.17, 15) is 13.2 Å². The normalized spacial score (nSPS) is 27.4. The fraction of sp³-hybridized carbons (Fsp3) is 0.778. The predicted octanol–water partition coefficient (Wildman–Crippen LogP) is 9.24. The minimum atomic E-state index is -0.956. The van der Waals surface area contributed by atoms with Gasteiger partial charge in [-0.1, -0.05) is 77.6 Å². The van der Waals surface area contributed by atoms with E-state index in [-0.39, 0.29) is 17.0 Å². The van der Waals surface area contributed by atoms with Gasteiger partial charge in [0.15, 0.2) is 11.6 Å². The molecule has 1 aromatic rings. The van der Waals surface area contributed by atoms with Gasteiger partial charge in [-0.25, -0.2) is 13.2 Å². The molecule has 0 nitrogen and oxygen atoms in total. The Labute approximate surface area is 182 Å². The Hall–Kier alpha value is -0.990. The summed E-state index contributed by atoms with van der Waals surface area (Å²) in [6, 6.07) is 1.15. The minimum Gasteiger partial charge on any atom is -0.207 e. The third-order valence-electron chi connectivity index (χ3n) is 8.05. The fourth-order valence-electron chi connectivity index (χ4n) is 5.98. The second-order valence-corrected chi connectivity index (χ2v) is 10.2. The van der Waals surface area contributed by atoms with Crippen LogP contribution in [-0.2, 0) is 0 Å². The summed E-state index contributed by atoms with van der Waals surface area (Å²) in [6.45, 7) is 3.69. The van der Waals surface area contributed by atoms with Gasteiger partial charge in [0.1, 0.15) is 5.82 Å². The minimum absolute atomic E-state index is 0.00573. The zero-order valence-corrected chi connectivity index (χ0v) is 19.1.